The van der Waals surface area contributed by atoms with Crippen LogP contribution in [0.15, 0.2) is 135 Å². The van der Waals surface area contributed by atoms with Gasteiger partial charge in [0.1, 0.15) is 0 Å². The monoisotopic (exact) mass is 1170 g/mol. The molecule has 0 spiro atoms. The zero-order valence-electron chi connectivity index (χ0n) is 42.9. The van der Waals surface area contributed by atoms with Crippen LogP contribution >= 0.6 is 34.0 Å². The second-order valence-corrected chi connectivity index (χ2v) is 23.3. The van der Waals surface area contributed by atoms with E-state index < -0.39 is 36.0 Å². The van der Waals surface area contributed by atoms with Crippen LogP contribution in [0.1, 0.15) is 124 Å². The van der Waals surface area contributed by atoms with Crippen molar-refractivity contribution in [2.45, 2.75) is 137 Å². The number of unbranched alkanes of at least 4 members (excludes halogenated alkanes) is 2. The highest BCUT2D eigenvalue weighted by molar-refractivity contribution is 7.91. The van der Waals surface area contributed by atoms with Crippen LogP contribution in [0.5, 0.6) is 0 Å². The summed E-state index contributed by atoms with van der Waals surface area (Å²) < 4.78 is 63.7. The molecule has 2 amide bonds. The molecular weight excluding hydrogens is 1100 g/mol. The molecule has 0 bridgehead atoms. The third-order valence-electron chi connectivity index (χ3n) is 8.35. The highest BCUT2D eigenvalue weighted by Crippen LogP contribution is 2.20. The average Bonchev–Trinajstić information content (AvgIpc) is 4.14. The molecule has 3 aromatic heterocycles. The topological polar surface area (TPSA) is 379 Å². The van der Waals surface area contributed by atoms with Crippen LogP contribution < -0.4 is 31.8 Å². The van der Waals surface area contributed by atoms with Crippen molar-refractivity contribution in [1.82, 2.24) is 30.6 Å². The number of aromatic nitrogens is 6. The zero-order chi connectivity index (χ0) is 56.9. The Morgan fingerprint density at radius 1 is 0.461 bits per heavy atom. The van der Waals surface area contributed by atoms with E-state index >= 15 is 0 Å². The number of rotatable bonds is 31. The summed E-state index contributed by atoms with van der Waals surface area (Å²) in [5.41, 5.74) is 5.10. The van der Waals surface area contributed by atoms with Crippen LogP contribution in [0.4, 0.5) is 15.4 Å². The largest absolute Gasteiger partial charge is 0.481 e. The molecule has 11 N–H and O–H groups in total. The van der Waals surface area contributed by atoms with E-state index in [1.807, 2.05) is 0 Å². The molecule has 0 aromatic carbocycles. The zero-order valence-corrected chi connectivity index (χ0v) is 47.8. The molecule has 0 aliphatic heterocycles. The van der Waals surface area contributed by atoms with Gasteiger partial charge in [-0.2, -0.15) is 0 Å². The molecule has 0 atom stereocenters. The number of carboxylic acids is 1. The number of anilines is 3. The van der Waals surface area contributed by atoms with Crippen LogP contribution in [-0.2, 0) is 44.5 Å². The number of hydrogen-bond donors (Lipinski definition) is 7. The molecule has 0 unspecified atom stereocenters. The van der Waals surface area contributed by atoms with Gasteiger partial charge in [-0.1, -0.05) is 169 Å². The maximum Gasteiger partial charge on any atom is 0.303 e. The predicted molar refractivity (Wildman–Crippen MR) is 305 cm³/mol. The van der Waals surface area contributed by atoms with Crippen molar-refractivity contribution in [3.05, 3.63) is 122 Å². The Hall–Kier alpha value is -5.98. The van der Waals surface area contributed by atoms with Crippen LogP contribution in [0.25, 0.3) is 0 Å². The van der Waals surface area contributed by atoms with Gasteiger partial charge in [0.15, 0.2) is 0 Å². The number of nitrogens with zero attached hydrogens (tertiary/aromatic N) is 6. The van der Waals surface area contributed by atoms with E-state index in [-0.39, 0.29) is 46.6 Å². The van der Waals surface area contributed by atoms with Gasteiger partial charge in [0.05, 0.1) is 0 Å². The lowest BCUT2D eigenvalue weighted by Gasteiger charge is -1.98. The number of carbonyl (C=O) groups excluding carboxylic acids is 2. The first-order valence-electron chi connectivity index (χ1n) is 23.7. The fraction of sp³-hybridized carbons (Fsp3) is 0.396. The first-order valence-corrected chi connectivity index (χ1v) is 30.8. The van der Waals surface area contributed by atoms with Crippen molar-refractivity contribution in [2.24, 2.45) is 15.4 Å². The lowest BCUT2D eigenvalue weighted by atomic mass is 10.2. The standard InChI is InChI=1S/C22H32N4O3S2.C20H30O2.C4H6N4O3S2.C2H4N4O2S2/c1-2-3-4-5-6-7-8-9-10-11-12-13-14-15-16-17-18-19-20(27)24-21-25-26-22(30-21)31(23,28)29;1-2-3-4-5-6-7-8-9-10-11-12-13-14-15-16-17-18-19-20(21)22;1-2(9)6-3-7-8-4(12-3)13(5,10)11;3-1-5-6-2(9-1)10(4,7)8/h3-4,6-7,9-10,12-13,15-16H,2,5,8,11,14,17-19H2,1H3,(H2,23,28,29)(H,24,25,27);3-4,6-7,9-10,12-13,15-16H,2,5,8,11,14,17-19H2,1H3,(H,21,22);1H3,(H2,5,10,11)(H,6,7,9);(H2,3,5)(H2,4,7,8)/b2*4-3-,7-6-,10-9-,13-12-,16-15-;;. The SMILES string of the molecule is CC(=O)Nc1nnc(S(N)(=O)=O)s1.CC/C=C\C/C=C\C/C=C\C/C=C\C/C=C\CCCC(=O)Nc1nnc(S(N)(=O)=O)s1.CC/C=C\C/C=C\C/C=C\C/C=C\C/C=C\CCCC(=O)O.Nc1nnc(S(N)(=O)=O)s1. The number of nitrogens with one attached hydrogen (secondary N) is 2. The number of carboxylic acid groups (broad SMARTS) is 1. The summed E-state index contributed by atoms with van der Waals surface area (Å²) in [6, 6.07) is 0. The van der Waals surface area contributed by atoms with Gasteiger partial charge in [-0.25, -0.2) is 40.7 Å². The Morgan fingerprint density at radius 2 is 0.763 bits per heavy atom. The maximum atomic E-state index is 11.8. The van der Waals surface area contributed by atoms with Gasteiger partial charge in [0, 0.05) is 19.8 Å². The number of carbonyl (C=O) groups is 3. The summed E-state index contributed by atoms with van der Waals surface area (Å²) in [6.07, 6.45) is 56.5. The summed E-state index contributed by atoms with van der Waals surface area (Å²) in [4.78, 5) is 32.7. The minimum Gasteiger partial charge on any atom is -0.481 e. The van der Waals surface area contributed by atoms with E-state index in [0.29, 0.717) is 24.2 Å². The first kappa shape index (κ1) is 70.0. The molecule has 420 valence electrons. The molecule has 0 aliphatic carbocycles. The quantitative estimate of drug-likeness (QED) is 0.0179. The van der Waals surface area contributed by atoms with E-state index in [1.165, 1.54) is 6.92 Å². The number of nitrogens with two attached hydrogens (primary N) is 4. The third kappa shape index (κ3) is 42.3. The van der Waals surface area contributed by atoms with Gasteiger partial charge in [0.25, 0.3) is 30.1 Å². The number of amides is 2. The number of allylic oxidation sites excluding steroid dienone is 20. The van der Waals surface area contributed by atoms with Crippen LogP contribution in [-0.4, -0.2) is 78.7 Å². The third-order valence-corrected chi connectivity index (χ3v) is 14.7. The maximum absolute atomic E-state index is 11.8. The first-order chi connectivity index (χ1) is 36.1. The lowest BCUT2D eigenvalue weighted by Crippen LogP contribution is -2.11. The van der Waals surface area contributed by atoms with Crippen LogP contribution in [0.2, 0.25) is 0 Å². The highest BCUT2D eigenvalue weighted by Gasteiger charge is 2.17. The summed E-state index contributed by atoms with van der Waals surface area (Å²) in [7, 11) is -11.4. The van der Waals surface area contributed by atoms with Crippen molar-refractivity contribution in [2.75, 3.05) is 16.4 Å². The molecule has 22 nitrogen and oxygen atoms in total. The lowest BCUT2D eigenvalue weighted by molar-refractivity contribution is -0.137. The molecule has 0 aliphatic rings. The van der Waals surface area contributed by atoms with Crippen LogP contribution in [0, 0.1) is 0 Å². The summed E-state index contributed by atoms with van der Waals surface area (Å²) in [5.74, 6) is -1.30. The van der Waals surface area contributed by atoms with Gasteiger partial charge in [-0.15, -0.1) is 30.6 Å². The minimum atomic E-state index is -3.89. The Balaban J connectivity index is 0.00000108. The molecule has 0 radical (unpaired) electrons. The second-order valence-electron chi connectivity index (χ2n) is 15.1. The Morgan fingerprint density at radius 3 is 1.04 bits per heavy atom. The fourth-order valence-electron chi connectivity index (χ4n) is 4.91. The number of aliphatic carboxylic acids is 1. The van der Waals surface area contributed by atoms with Crippen molar-refractivity contribution in [3.8, 4) is 0 Å². The van der Waals surface area contributed by atoms with Gasteiger partial charge in [-0.05, 0) is 89.9 Å². The molecule has 0 saturated carbocycles. The van der Waals surface area contributed by atoms with Crippen molar-refractivity contribution in [3.63, 3.8) is 0 Å². The van der Waals surface area contributed by atoms with Gasteiger partial charge >= 0.3 is 5.97 Å². The normalized spacial score (nSPS) is 12.4. The number of nitrogen functional groups attached to an aromatic ring is 1. The van der Waals surface area contributed by atoms with E-state index in [1.54, 1.807) is 0 Å². The number of hydrogen-bond acceptors (Lipinski definition) is 19. The smallest absolute Gasteiger partial charge is 0.303 e. The molecular formula is C48H72N12O10S6. The van der Waals surface area contributed by atoms with Gasteiger partial charge in [-0.3, -0.25) is 14.4 Å². The van der Waals surface area contributed by atoms with Gasteiger partial charge in [0.2, 0.25) is 40.2 Å². The van der Waals surface area contributed by atoms with Crippen molar-refractivity contribution >= 4 is 97.3 Å². The Kier molecular flexibility index (Phi) is 39.8. The molecule has 3 rings (SSSR count). The van der Waals surface area contributed by atoms with Crippen molar-refractivity contribution < 1.29 is 44.7 Å². The molecule has 3 aromatic rings. The summed E-state index contributed by atoms with van der Waals surface area (Å²) >= 11 is 2.17. The molecule has 76 heavy (non-hydrogen) atoms. The molecule has 3 heterocycles. The summed E-state index contributed by atoms with van der Waals surface area (Å²) in [6.45, 7) is 5.55. The predicted octanol–water partition coefficient (Wildman–Crippen LogP) is 8.95. The van der Waals surface area contributed by atoms with E-state index in [2.05, 4.69) is 177 Å². The fourth-order valence-corrected chi connectivity index (χ4v) is 8.85. The van der Waals surface area contributed by atoms with Gasteiger partial charge < -0.3 is 21.5 Å². The Labute approximate surface area is 459 Å². The molecule has 0 fully saturated rings. The Bertz CT molecular complexity index is 2790. The van der Waals surface area contributed by atoms with Crippen molar-refractivity contribution in [1.29, 1.82) is 0 Å². The van der Waals surface area contributed by atoms with Crippen LogP contribution in [0.3, 0.4) is 0 Å². The van der Waals surface area contributed by atoms with E-state index in [4.69, 9.17) is 26.3 Å². The molecule has 28 heteroatoms. The number of sulfonamides is 3. The average molecular weight is 1170 g/mol. The number of primary sulfonamides is 3. The van der Waals surface area contributed by atoms with E-state index in [0.717, 1.165) is 106 Å². The molecule has 0 saturated heterocycles. The minimum absolute atomic E-state index is 0.0871. The van der Waals surface area contributed by atoms with E-state index in [9.17, 15) is 39.6 Å². The summed E-state index contributed by atoms with van der Waals surface area (Å²) in [5, 5.41) is 48.2. The second kappa shape index (κ2) is 43.2. The highest BCUT2D eigenvalue weighted by atomic mass is 32.3.